The molecule has 0 radical (unpaired) electrons. The van der Waals surface area contributed by atoms with Gasteiger partial charge in [0, 0.05) is 0 Å². The smallest absolute Gasteiger partial charge is 0.0134 e. The lowest BCUT2D eigenvalue weighted by Gasteiger charge is -2.18. The number of quaternary nitrogens is 1. The molecule has 0 saturated carbocycles. The van der Waals surface area contributed by atoms with Crippen molar-refractivity contribution in [3.05, 3.63) is 198 Å². The van der Waals surface area contributed by atoms with Crippen LogP contribution in [-0.2, 0) is 0 Å². The lowest BCUT2D eigenvalue weighted by atomic mass is 10.4. The molecule has 0 aromatic heterocycles. The van der Waals surface area contributed by atoms with E-state index in [0.29, 0.717) is 0 Å². The maximum atomic E-state index is 6.75. The van der Waals surface area contributed by atoms with Gasteiger partial charge in [-0.1, -0.05) is 182 Å². The molecule has 0 heterocycles. The van der Waals surface area contributed by atoms with E-state index in [4.69, 9.17) is 11.1 Å². The van der Waals surface area contributed by atoms with Crippen LogP contribution in [0.15, 0.2) is 182 Å². The molecule has 0 atom stereocenters. The van der Waals surface area contributed by atoms with Crippen molar-refractivity contribution in [2.45, 2.75) is 0 Å². The molecule has 42 heavy (non-hydrogen) atoms. The second-order valence-corrected chi connectivity index (χ2v) is 13.2. The Morgan fingerprint density at radius 2 is 0.405 bits per heavy atom. The fraction of sp³-hybridized carbons (Fsp3) is 0. The van der Waals surface area contributed by atoms with Gasteiger partial charge in [-0.05, 0) is 47.7 Å². The van der Waals surface area contributed by atoms with Crippen molar-refractivity contribution in [2.24, 2.45) is 0 Å². The highest BCUT2D eigenvalue weighted by Crippen LogP contribution is 2.33. The molecule has 6 aromatic carbocycles. The van der Waals surface area contributed by atoms with Crippen LogP contribution >= 0.6 is 15.8 Å². The summed E-state index contributed by atoms with van der Waals surface area (Å²) >= 11 is 0. The minimum Gasteiger partial charge on any atom is -0.373 e. The third-order valence-corrected chi connectivity index (χ3v) is 11.0. The monoisotopic (exact) mass is 584 g/mol. The summed E-state index contributed by atoms with van der Waals surface area (Å²) in [6.07, 6.45) is 0. The lowest BCUT2D eigenvalue weighted by Crippen LogP contribution is -2.20. The second-order valence-electron chi connectivity index (χ2n) is 8.77. The molecule has 4 nitrogen and oxygen atoms in total. The van der Waals surface area contributed by atoms with E-state index in [9.17, 15) is 0 Å². The molecule has 0 unspecified atom stereocenters. The fourth-order valence-corrected chi connectivity index (χ4v) is 8.97. The summed E-state index contributed by atoms with van der Waals surface area (Å²) < 4.78 is 0. The van der Waals surface area contributed by atoms with Crippen LogP contribution < -0.4 is 38.0 Å². The van der Waals surface area contributed by atoms with Crippen LogP contribution in [0.5, 0.6) is 0 Å². The van der Waals surface area contributed by atoms with Crippen LogP contribution in [0, 0.1) is 0 Å². The average molecular weight is 585 g/mol. The van der Waals surface area contributed by atoms with Crippen LogP contribution in [0.1, 0.15) is 0 Å². The zero-order valence-electron chi connectivity index (χ0n) is 23.6. The van der Waals surface area contributed by atoms with Crippen molar-refractivity contribution in [1.82, 2.24) is 6.15 Å². The normalized spacial score (nSPS) is 9.76. The Morgan fingerprint density at radius 3 is 0.524 bits per heavy atom. The first-order valence-corrected chi connectivity index (χ1v) is 15.9. The Kier molecular flexibility index (Phi) is 13.7. The van der Waals surface area contributed by atoms with Crippen LogP contribution in [0.2, 0.25) is 0 Å². The van der Waals surface area contributed by atoms with Crippen molar-refractivity contribution in [1.29, 1.82) is 0 Å². The summed E-state index contributed by atoms with van der Waals surface area (Å²) in [4.78, 5) is 1.50. The van der Waals surface area contributed by atoms with Gasteiger partial charge in [0.25, 0.3) is 0 Å². The largest absolute Gasteiger partial charge is 0.373 e. The Balaban J connectivity index is 0.000000207. The van der Waals surface area contributed by atoms with Gasteiger partial charge < -0.3 is 17.2 Å². The molecule has 0 saturated heterocycles. The molecule has 6 rings (SSSR count). The zero-order chi connectivity index (χ0) is 28.5. The number of hydrogen-bond donors (Lipinski definition) is 1. The Morgan fingerprint density at radius 1 is 0.286 bits per heavy atom. The first-order chi connectivity index (χ1) is 20.3. The van der Waals surface area contributed by atoms with Crippen molar-refractivity contribution < 1.29 is 0 Å². The third kappa shape index (κ3) is 9.25. The molecule has 6 aromatic rings. The number of benzene rings is 6. The van der Waals surface area contributed by atoms with Gasteiger partial charge >= 0.3 is 0 Å². The molecule has 6 heteroatoms. The van der Waals surface area contributed by atoms with E-state index < -0.39 is 15.8 Å². The molecular weight excluding hydrogens is 550 g/mol. The van der Waals surface area contributed by atoms with Crippen LogP contribution in [-0.4, -0.2) is 0 Å². The summed E-state index contributed by atoms with van der Waals surface area (Å²) in [7, 11) is -0.892. The van der Waals surface area contributed by atoms with Gasteiger partial charge in [0.05, 0.1) is 0 Å². The maximum Gasteiger partial charge on any atom is -0.0134 e. The van der Waals surface area contributed by atoms with Crippen molar-refractivity contribution in [3.63, 3.8) is 0 Å². The Hall–Kier alpha value is -4.55. The maximum absolute atomic E-state index is 6.75. The molecule has 0 aliphatic rings. The molecule has 0 aliphatic carbocycles. The predicted molar refractivity (Wildman–Crippen MR) is 186 cm³/mol. The van der Waals surface area contributed by atoms with E-state index in [1.807, 2.05) is 0 Å². The first kappa shape index (κ1) is 32.0. The molecule has 0 bridgehead atoms. The number of hydrogen-bond acceptors (Lipinski definition) is 0. The van der Waals surface area contributed by atoms with Crippen LogP contribution in [0.4, 0.5) is 0 Å². The standard InChI is InChI=1S/2C18H15P.N3.H3N/c2*1-4-10-16(11-5-1)19(17-12-6-2-7-13-17)18-14-8-3-9-15-18;1-3-2;/h2*1-15H;;1H3/q;;-1;/p+1. The highest BCUT2D eigenvalue weighted by molar-refractivity contribution is 7.80. The van der Waals surface area contributed by atoms with E-state index in [1.165, 1.54) is 36.7 Å². The molecule has 0 aliphatic heterocycles. The van der Waals surface area contributed by atoms with Crippen LogP contribution in [0.3, 0.4) is 0 Å². The van der Waals surface area contributed by atoms with Gasteiger partial charge in [0.15, 0.2) is 0 Å². The van der Waals surface area contributed by atoms with E-state index in [0.717, 1.165) is 0 Å². The van der Waals surface area contributed by atoms with Crippen molar-refractivity contribution in [3.8, 4) is 0 Å². The summed E-state index contributed by atoms with van der Waals surface area (Å²) in [6, 6.07) is 64.7. The highest BCUT2D eigenvalue weighted by Gasteiger charge is 2.16. The second kappa shape index (κ2) is 18.0. The summed E-state index contributed by atoms with van der Waals surface area (Å²) in [6.45, 7) is 0. The molecular formula is C36H34N4P2. The topological polar surface area (TPSA) is 95.2 Å². The minimum atomic E-state index is -0.446. The van der Waals surface area contributed by atoms with E-state index in [2.05, 4.69) is 182 Å². The molecule has 0 spiro atoms. The average Bonchev–Trinajstić information content (AvgIpc) is 3.05. The molecule has 0 fully saturated rings. The number of rotatable bonds is 6. The zero-order valence-corrected chi connectivity index (χ0v) is 25.3. The summed E-state index contributed by atoms with van der Waals surface area (Å²) in [5, 5.41) is 8.39. The van der Waals surface area contributed by atoms with Gasteiger partial charge in [-0.15, -0.1) is 0 Å². The first-order valence-electron chi connectivity index (χ1n) is 13.2. The quantitative estimate of drug-likeness (QED) is 0.0886. The molecule has 4 N–H and O–H groups in total. The minimum absolute atomic E-state index is 0. The van der Waals surface area contributed by atoms with E-state index >= 15 is 0 Å². The fourth-order valence-electron chi connectivity index (χ4n) is 4.36. The van der Waals surface area contributed by atoms with E-state index in [1.54, 1.807) is 0 Å². The van der Waals surface area contributed by atoms with Crippen LogP contribution in [0.25, 0.3) is 16.0 Å². The van der Waals surface area contributed by atoms with Gasteiger partial charge in [-0.3, -0.25) is 4.91 Å². The van der Waals surface area contributed by atoms with Crippen molar-refractivity contribution in [2.75, 3.05) is 0 Å². The van der Waals surface area contributed by atoms with Gasteiger partial charge in [0.1, 0.15) is 0 Å². The lowest BCUT2D eigenvalue weighted by molar-refractivity contribution is 1.74. The van der Waals surface area contributed by atoms with Gasteiger partial charge in [-0.25, -0.2) is 0 Å². The van der Waals surface area contributed by atoms with E-state index in [-0.39, 0.29) is 6.15 Å². The van der Waals surface area contributed by atoms with Gasteiger partial charge in [-0.2, -0.15) is 0 Å². The predicted octanol–water partition coefficient (Wildman–Crippen LogP) is 8.13. The third-order valence-electron chi connectivity index (χ3n) is 6.09. The van der Waals surface area contributed by atoms with Gasteiger partial charge in [0.2, 0.25) is 0 Å². The van der Waals surface area contributed by atoms with Crippen molar-refractivity contribution >= 4 is 47.7 Å². The Labute approximate surface area is 251 Å². The summed E-state index contributed by atoms with van der Waals surface area (Å²) in [5.41, 5.74) is 13.5. The Bertz CT molecular complexity index is 1280. The molecule has 208 valence electrons. The SMILES string of the molecule is [N-]=[N+]=[N-].[NH4+].c1ccc(P(c2ccccc2)c2ccccc2)cc1.c1ccc(P(c2ccccc2)c2ccccc2)cc1. The molecule has 0 amide bonds. The number of nitrogens with zero attached hydrogens (tertiary/aromatic N) is 3. The summed E-state index contributed by atoms with van der Waals surface area (Å²) in [5.74, 6) is 0. The highest BCUT2D eigenvalue weighted by atomic mass is 31.1.